The lowest BCUT2D eigenvalue weighted by Crippen LogP contribution is -2.28. The average Bonchev–Trinajstić information content (AvgIpc) is 2.28. The first-order valence-electron chi connectivity index (χ1n) is 6.14. The monoisotopic (exact) mass is 235 g/mol. The predicted octanol–water partition coefficient (Wildman–Crippen LogP) is 2.25. The lowest BCUT2D eigenvalue weighted by atomic mass is 9.85. The van der Waals surface area contributed by atoms with E-state index in [1.807, 2.05) is 13.1 Å². The van der Waals surface area contributed by atoms with Gasteiger partial charge in [0.05, 0.1) is 0 Å². The minimum atomic E-state index is 0.249. The predicted molar refractivity (Wildman–Crippen MR) is 68.8 cm³/mol. The van der Waals surface area contributed by atoms with Crippen molar-refractivity contribution >= 4 is 0 Å². The quantitative estimate of drug-likeness (QED) is 0.868. The van der Waals surface area contributed by atoms with E-state index >= 15 is 0 Å². The first kappa shape index (κ1) is 12.2. The molecule has 3 nitrogen and oxygen atoms in total. The van der Waals surface area contributed by atoms with E-state index in [-0.39, 0.29) is 5.41 Å². The molecule has 3 heteroatoms. The Hall–Kier alpha value is -1.22. The van der Waals surface area contributed by atoms with Crippen LogP contribution in [0.1, 0.15) is 19.4 Å². The largest absolute Gasteiger partial charge is 0.486 e. The number of benzene rings is 1. The normalized spacial score (nSPS) is 14.8. The lowest BCUT2D eigenvalue weighted by molar-refractivity contribution is 0.171. The van der Waals surface area contributed by atoms with Gasteiger partial charge in [-0.3, -0.25) is 0 Å². The van der Waals surface area contributed by atoms with Crippen molar-refractivity contribution in [2.45, 2.75) is 20.3 Å². The van der Waals surface area contributed by atoms with Gasteiger partial charge in [-0.15, -0.1) is 0 Å². The van der Waals surface area contributed by atoms with Crippen LogP contribution in [0.3, 0.4) is 0 Å². The van der Waals surface area contributed by atoms with E-state index in [4.69, 9.17) is 9.47 Å². The molecule has 2 rings (SSSR count). The van der Waals surface area contributed by atoms with Crippen LogP contribution in [0.4, 0.5) is 0 Å². The molecule has 0 unspecified atom stereocenters. The van der Waals surface area contributed by atoms with E-state index in [1.165, 1.54) is 5.56 Å². The minimum absolute atomic E-state index is 0.249. The Morgan fingerprint density at radius 2 is 1.88 bits per heavy atom. The van der Waals surface area contributed by atoms with Crippen molar-refractivity contribution < 1.29 is 9.47 Å². The topological polar surface area (TPSA) is 30.5 Å². The maximum Gasteiger partial charge on any atom is 0.161 e. The van der Waals surface area contributed by atoms with Gasteiger partial charge in [0.25, 0.3) is 0 Å². The molecule has 1 aromatic carbocycles. The maximum atomic E-state index is 5.60. The third-order valence-corrected chi connectivity index (χ3v) is 2.94. The number of hydrogen-bond donors (Lipinski definition) is 1. The van der Waals surface area contributed by atoms with Crippen molar-refractivity contribution in [1.82, 2.24) is 5.32 Å². The fraction of sp³-hybridized carbons (Fsp3) is 0.571. The molecule has 0 radical (unpaired) electrons. The number of rotatable bonds is 4. The van der Waals surface area contributed by atoms with E-state index < -0.39 is 0 Å². The molecular weight excluding hydrogens is 214 g/mol. The summed E-state index contributed by atoms with van der Waals surface area (Å²) in [5.41, 5.74) is 1.55. The van der Waals surface area contributed by atoms with Crippen LogP contribution >= 0.6 is 0 Å². The van der Waals surface area contributed by atoms with Crippen LogP contribution in [0.25, 0.3) is 0 Å². The third kappa shape index (κ3) is 3.13. The summed E-state index contributed by atoms with van der Waals surface area (Å²) in [4.78, 5) is 0. The van der Waals surface area contributed by atoms with Crippen molar-refractivity contribution in [3.63, 3.8) is 0 Å². The molecule has 0 atom stereocenters. The van der Waals surface area contributed by atoms with Gasteiger partial charge in [-0.05, 0) is 36.6 Å². The van der Waals surface area contributed by atoms with Crippen molar-refractivity contribution in [2.24, 2.45) is 5.41 Å². The van der Waals surface area contributed by atoms with Gasteiger partial charge in [-0.25, -0.2) is 0 Å². The summed E-state index contributed by atoms with van der Waals surface area (Å²) in [5, 5.41) is 3.23. The number of fused-ring (bicyclic) bond motifs is 1. The summed E-state index contributed by atoms with van der Waals surface area (Å²) < 4.78 is 11.1. The second-order valence-electron chi connectivity index (χ2n) is 5.35. The summed E-state index contributed by atoms with van der Waals surface area (Å²) >= 11 is 0. The van der Waals surface area contributed by atoms with Crippen LogP contribution < -0.4 is 14.8 Å². The molecule has 0 saturated heterocycles. The molecule has 94 valence electrons. The molecule has 0 fully saturated rings. The van der Waals surface area contributed by atoms with Crippen molar-refractivity contribution in [3.05, 3.63) is 23.8 Å². The zero-order chi connectivity index (χ0) is 12.3. The summed E-state index contributed by atoms with van der Waals surface area (Å²) in [6.45, 7) is 6.83. The summed E-state index contributed by atoms with van der Waals surface area (Å²) in [7, 11) is 1.99. The fourth-order valence-electron chi connectivity index (χ4n) is 2.29. The molecule has 1 N–H and O–H groups in total. The van der Waals surface area contributed by atoms with Gasteiger partial charge in [0.2, 0.25) is 0 Å². The standard InChI is InChI=1S/C14H21NO2/c1-14(2,10-15-3)9-11-4-5-12-13(8-11)17-7-6-16-12/h4-5,8,15H,6-7,9-10H2,1-3H3. The van der Waals surface area contributed by atoms with Gasteiger partial charge in [-0.1, -0.05) is 19.9 Å². The van der Waals surface area contributed by atoms with Crippen LogP contribution in [-0.2, 0) is 6.42 Å². The van der Waals surface area contributed by atoms with Crippen LogP contribution in [0.2, 0.25) is 0 Å². The molecule has 0 aromatic heterocycles. The van der Waals surface area contributed by atoms with E-state index in [9.17, 15) is 0 Å². The Bertz CT molecular complexity index is 388. The van der Waals surface area contributed by atoms with Crippen LogP contribution in [0.15, 0.2) is 18.2 Å². The van der Waals surface area contributed by atoms with Crippen molar-refractivity contribution in [1.29, 1.82) is 0 Å². The zero-order valence-electron chi connectivity index (χ0n) is 10.9. The van der Waals surface area contributed by atoms with Crippen LogP contribution in [-0.4, -0.2) is 26.8 Å². The van der Waals surface area contributed by atoms with Gasteiger partial charge >= 0.3 is 0 Å². The van der Waals surface area contributed by atoms with Crippen molar-refractivity contribution in [3.8, 4) is 11.5 Å². The third-order valence-electron chi connectivity index (χ3n) is 2.94. The Morgan fingerprint density at radius 3 is 2.59 bits per heavy atom. The molecule has 1 heterocycles. The number of ether oxygens (including phenoxy) is 2. The van der Waals surface area contributed by atoms with Crippen LogP contribution in [0, 0.1) is 5.41 Å². The molecular formula is C14H21NO2. The van der Waals surface area contributed by atoms with Gasteiger partial charge in [0.15, 0.2) is 11.5 Å². The highest BCUT2D eigenvalue weighted by molar-refractivity contribution is 5.44. The Kier molecular flexibility index (Phi) is 3.57. The molecule has 0 bridgehead atoms. The molecule has 0 spiro atoms. The maximum absolute atomic E-state index is 5.60. The summed E-state index contributed by atoms with van der Waals surface area (Å²) in [5.74, 6) is 1.75. The van der Waals surface area contributed by atoms with Crippen LogP contribution in [0.5, 0.6) is 11.5 Å². The molecule has 1 aromatic rings. The van der Waals surface area contributed by atoms with E-state index in [0.717, 1.165) is 24.5 Å². The SMILES string of the molecule is CNCC(C)(C)Cc1ccc2c(c1)OCCO2. The second-order valence-corrected chi connectivity index (χ2v) is 5.35. The summed E-state index contributed by atoms with van der Waals surface area (Å²) in [6.07, 6.45) is 1.03. The number of nitrogens with one attached hydrogen (secondary N) is 1. The fourth-order valence-corrected chi connectivity index (χ4v) is 2.29. The van der Waals surface area contributed by atoms with Gasteiger partial charge in [0, 0.05) is 6.54 Å². The molecule has 1 aliphatic heterocycles. The first-order valence-corrected chi connectivity index (χ1v) is 6.14. The molecule has 0 aliphatic carbocycles. The van der Waals surface area contributed by atoms with E-state index in [1.54, 1.807) is 0 Å². The van der Waals surface area contributed by atoms with E-state index in [0.29, 0.717) is 13.2 Å². The highest BCUT2D eigenvalue weighted by Gasteiger charge is 2.19. The Balaban J connectivity index is 2.11. The molecule has 0 amide bonds. The zero-order valence-corrected chi connectivity index (χ0v) is 10.9. The van der Waals surface area contributed by atoms with Gasteiger partial charge in [-0.2, -0.15) is 0 Å². The van der Waals surface area contributed by atoms with Crippen molar-refractivity contribution in [2.75, 3.05) is 26.8 Å². The van der Waals surface area contributed by atoms with Gasteiger partial charge in [0.1, 0.15) is 13.2 Å². The van der Waals surface area contributed by atoms with E-state index in [2.05, 4.69) is 31.3 Å². The molecule has 0 saturated carbocycles. The Morgan fingerprint density at radius 1 is 1.18 bits per heavy atom. The number of hydrogen-bond acceptors (Lipinski definition) is 3. The highest BCUT2D eigenvalue weighted by Crippen LogP contribution is 2.32. The molecule has 1 aliphatic rings. The average molecular weight is 235 g/mol. The lowest BCUT2D eigenvalue weighted by Gasteiger charge is -2.25. The molecule has 17 heavy (non-hydrogen) atoms. The smallest absolute Gasteiger partial charge is 0.161 e. The Labute approximate surface area is 103 Å². The second kappa shape index (κ2) is 4.96. The highest BCUT2D eigenvalue weighted by atomic mass is 16.6. The van der Waals surface area contributed by atoms with Gasteiger partial charge < -0.3 is 14.8 Å². The first-order chi connectivity index (χ1) is 8.11. The minimum Gasteiger partial charge on any atom is -0.486 e. The summed E-state index contributed by atoms with van der Waals surface area (Å²) in [6, 6.07) is 6.25.